The number of likely N-dealkylation sites (tertiary alicyclic amines) is 1. The highest BCUT2D eigenvalue weighted by atomic mass is 16.2. The zero-order chi connectivity index (χ0) is 13.2. The molecule has 2 atom stereocenters. The van der Waals surface area contributed by atoms with Crippen LogP contribution in [0.25, 0.3) is 0 Å². The van der Waals surface area contributed by atoms with E-state index in [1.807, 2.05) is 4.90 Å². The van der Waals surface area contributed by atoms with E-state index in [0.717, 1.165) is 19.4 Å². The van der Waals surface area contributed by atoms with Crippen molar-refractivity contribution in [3.05, 3.63) is 18.1 Å². The largest absolute Gasteiger partial charge is 0.382 e. The number of nitrogens with zero attached hydrogens (tertiary/aromatic N) is 3. The van der Waals surface area contributed by atoms with Gasteiger partial charge < -0.3 is 10.6 Å². The molecular weight excluding hydrogens is 240 g/mol. The SMILES string of the molecule is Nc1cnc(C(=O)N2CCCC3CCCCC32)cn1. The molecule has 3 rings (SSSR count). The smallest absolute Gasteiger partial charge is 0.274 e. The number of piperidine rings is 1. The molecule has 1 aliphatic carbocycles. The number of nitrogens with two attached hydrogens (primary N) is 1. The van der Waals surface area contributed by atoms with E-state index in [0.29, 0.717) is 23.5 Å². The number of aromatic nitrogens is 2. The van der Waals surface area contributed by atoms with Gasteiger partial charge in [-0.25, -0.2) is 9.97 Å². The van der Waals surface area contributed by atoms with Crippen molar-refractivity contribution >= 4 is 11.7 Å². The van der Waals surface area contributed by atoms with Gasteiger partial charge in [-0.1, -0.05) is 12.8 Å². The van der Waals surface area contributed by atoms with E-state index in [9.17, 15) is 4.79 Å². The van der Waals surface area contributed by atoms with Gasteiger partial charge in [-0.15, -0.1) is 0 Å². The van der Waals surface area contributed by atoms with Gasteiger partial charge in [0.2, 0.25) is 0 Å². The second-order valence-electron chi connectivity index (χ2n) is 5.58. The van der Waals surface area contributed by atoms with E-state index in [-0.39, 0.29) is 5.91 Å². The lowest BCUT2D eigenvalue weighted by molar-refractivity contribution is 0.0385. The molecule has 1 saturated heterocycles. The Morgan fingerprint density at radius 2 is 1.95 bits per heavy atom. The summed E-state index contributed by atoms with van der Waals surface area (Å²) >= 11 is 0. The van der Waals surface area contributed by atoms with Gasteiger partial charge in [-0.05, 0) is 31.6 Å². The van der Waals surface area contributed by atoms with Gasteiger partial charge in [-0.3, -0.25) is 4.79 Å². The highest BCUT2D eigenvalue weighted by Crippen LogP contribution is 2.35. The van der Waals surface area contributed by atoms with Crippen molar-refractivity contribution in [1.29, 1.82) is 0 Å². The number of anilines is 1. The molecule has 1 aliphatic heterocycles. The second-order valence-corrected chi connectivity index (χ2v) is 5.58. The Morgan fingerprint density at radius 1 is 1.16 bits per heavy atom. The lowest BCUT2D eigenvalue weighted by atomic mass is 9.78. The van der Waals surface area contributed by atoms with Gasteiger partial charge in [0, 0.05) is 12.6 Å². The summed E-state index contributed by atoms with van der Waals surface area (Å²) in [6, 6.07) is 0.411. The first-order valence-electron chi connectivity index (χ1n) is 7.14. The summed E-state index contributed by atoms with van der Waals surface area (Å²) < 4.78 is 0. The lowest BCUT2D eigenvalue weighted by Crippen LogP contribution is -2.49. The summed E-state index contributed by atoms with van der Waals surface area (Å²) in [7, 11) is 0. The van der Waals surface area contributed by atoms with Gasteiger partial charge in [0.1, 0.15) is 11.5 Å². The van der Waals surface area contributed by atoms with Crippen LogP contribution in [0.4, 0.5) is 5.82 Å². The van der Waals surface area contributed by atoms with Gasteiger partial charge in [0.25, 0.3) is 5.91 Å². The van der Waals surface area contributed by atoms with Crippen LogP contribution in [-0.4, -0.2) is 33.4 Å². The number of rotatable bonds is 1. The first-order valence-corrected chi connectivity index (χ1v) is 7.14. The number of nitrogen functional groups attached to an aromatic ring is 1. The van der Waals surface area contributed by atoms with Crippen molar-refractivity contribution < 1.29 is 4.79 Å². The first-order chi connectivity index (χ1) is 9.25. The van der Waals surface area contributed by atoms with E-state index < -0.39 is 0 Å². The topological polar surface area (TPSA) is 72.1 Å². The van der Waals surface area contributed by atoms with Crippen LogP contribution >= 0.6 is 0 Å². The molecule has 2 unspecified atom stereocenters. The normalized spacial score (nSPS) is 26.8. The average molecular weight is 260 g/mol. The Morgan fingerprint density at radius 3 is 2.74 bits per heavy atom. The molecule has 1 aromatic heterocycles. The molecule has 5 nitrogen and oxygen atoms in total. The predicted octanol–water partition coefficient (Wildman–Crippen LogP) is 1.85. The number of fused-ring (bicyclic) bond motifs is 1. The van der Waals surface area contributed by atoms with Crippen molar-refractivity contribution in [3.63, 3.8) is 0 Å². The van der Waals surface area contributed by atoms with Gasteiger partial charge in [0.15, 0.2) is 0 Å². The Kier molecular flexibility index (Phi) is 3.36. The molecule has 5 heteroatoms. The highest BCUT2D eigenvalue weighted by molar-refractivity contribution is 5.92. The van der Waals surface area contributed by atoms with E-state index in [4.69, 9.17) is 5.73 Å². The van der Waals surface area contributed by atoms with E-state index in [2.05, 4.69) is 9.97 Å². The third-order valence-corrected chi connectivity index (χ3v) is 4.40. The molecule has 1 aromatic rings. The van der Waals surface area contributed by atoms with E-state index >= 15 is 0 Å². The average Bonchev–Trinajstić information content (AvgIpc) is 2.47. The van der Waals surface area contributed by atoms with Gasteiger partial charge in [-0.2, -0.15) is 0 Å². The molecule has 2 fully saturated rings. The molecule has 2 aliphatic rings. The minimum Gasteiger partial charge on any atom is -0.382 e. The third-order valence-electron chi connectivity index (χ3n) is 4.40. The molecule has 2 N–H and O–H groups in total. The zero-order valence-corrected chi connectivity index (χ0v) is 11.1. The summed E-state index contributed by atoms with van der Waals surface area (Å²) in [6.45, 7) is 0.853. The van der Waals surface area contributed by atoms with Crippen LogP contribution in [0, 0.1) is 5.92 Å². The highest BCUT2D eigenvalue weighted by Gasteiger charge is 2.36. The molecule has 102 valence electrons. The summed E-state index contributed by atoms with van der Waals surface area (Å²) in [5, 5.41) is 0. The maximum Gasteiger partial charge on any atom is 0.274 e. The quantitative estimate of drug-likeness (QED) is 0.836. The number of hydrogen-bond donors (Lipinski definition) is 1. The maximum absolute atomic E-state index is 12.5. The van der Waals surface area contributed by atoms with Crippen molar-refractivity contribution in [1.82, 2.24) is 14.9 Å². The molecule has 2 heterocycles. The van der Waals surface area contributed by atoms with Crippen LogP contribution < -0.4 is 5.73 Å². The van der Waals surface area contributed by atoms with Crippen LogP contribution in [0.2, 0.25) is 0 Å². The fourth-order valence-corrected chi connectivity index (χ4v) is 3.47. The second kappa shape index (κ2) is 5.15. The molecule has 0 radical (unpaired) electrons. The lowest BCUT2D eigenvalue weighted by Gasteiger charge is -2.43. The minimum atomic E-state index is 0.0177. The van der Waals surface area contributed by atoms with Crippen molar-refractivity contribution in [2.24, 2.45) is 5.92 Å². The summed E-state index contributed by atoms with van der Waals surface area (Å²) in [5.74, 6) is 1.06. The van der Waals surface area contributed by atoms with E-state index in [1.165, 1.54) is 38.1 Å². The third kappa shape index (κ3) is 2.41. The number of carbonyl (C=O) groups excluding carboxylic acids is 1. The van der Waals surface area contributed by atoms with Gasteiger partial charge in [0.05, 0.1) is 12.4 Å². The molecular formula is C14H20N4O. The number of hydrogen-bond acceptors (Lipinski definition) is 4. The van der Waals surface area contributed by atoms with E-state index in [1.54, 1.807) is 0 Å². The Labute approximate surface area is 113 Å². The standard InChI is InChI=1S/C14H20N4O/c15-13-9-16-11(8-17-13)14(19)18-7-3-5-10-4-1-2-6-12(10)18/h8-10,12H,1-7H2,(H2,15,17). The van der Waals surface area contributed by atoms with Crippen LogP contribution in [0.15, 0.2) is 12.4 Å². The zero-order valence-electron chi connectivity index (χ0n) is 11.1. The molecule has 0 aromatic carbocycles. The predicted molar refractivity (Wildman–Crippen MR) is 72.5 cm³/mol. The monoisotopic (exact) mass is 260 g/mol. The van der Waals surface area contributed by atoms with Crippen LogP contribution in [-0.2, 0) is 0 Å². The molecule has 1 amide bonds. The Balaban J connectivity index is 1.79. The van der Waals surface area contributed by atoms with Gasteiger partial charge >= 0.3 is 0 Å². The van der Waals surface area contributed by atoms with Crippen molar-refractivity contribution in [3.8, 4) is 0 Å². The summed E-state index contributed by atoms with van der Waals surface area (Å²) in [4.78, 5) is 22.6. The van der Waals surface area contributed by atoms with Crippen LogP contribution in [0.1, 0.15) is 49.0 Å². The van der Waals surface area contributed by atoms with Crippen molar-refractivity contribution in [2.75, 3.05) is 12.3 Å². The van der Waals surface area contributed by atoms with Crippen LogP contribution in [0.3, 0.4) is 0 Å². The molecule has 0 bridgehead atoms. The fraction of sp³-hybridized carbons (Fsp3) is 0.643. The summed E-state index contributed by atoms with van der Waals surface area (Å²) in [5.41, 5.74) is 5.93. The Hall–Kier alpha value is -1.65. The number of amides is 1. The molecule has 19 heavy (non-hydrogen) atoms. The number of carbonyl (C=O) groups is 1. The van der Waals surface area contributed by atoms with Crippen LogP contribution in [0.5, 0.6) is 0 Å². The molecule has 1 saturated carbocycles. The maximum atomic E-state index is 12.5. The van der Waals surface area contributed by atoms with Crippen molar-refractivity contribution in [2.45, 2.75) is 44.6 Å². The fourth-order valence-electron chi connectivity index (χ4n) is 3.47. The molecule has 0 spiro atoms. The minimum absolute atomic E-state index is 0.0177. The summed E-state index contributed by atoms with van der Waals surface area (Å²) in [6.07, 6.45) is 10.3. The Bertz CT molecular complexity index is 457. The first kappa shape index (κ1) is 12.4.